The van der Waals surface area contributed by atoms with Gasteiger partial charge in [0.05, 0.1) is 5.39 Å². The average Bonchev–Trinajstić information content (AvgIpc) is 2.47. The molecule has 3 rings (SSSR count). The molecule has 3 nitrogen and oxygen atoms in total. The largest absolute Gasteiger partial charge is 0.440 e. The van der Waals surface area contributed by atoms with Crippen molar-refractivity contribution in [3.63, 3.8) is 0 Å². The summed E-state index contributed by atoms with van der Waals surface area (Å²) in [6.07, 6.45) is 0. The van der Waals surface area contributed by atoms with Crippen LogP contribution in [0.5, 0.6) is 0 Å². The third-order valence-electron chi connectivity index (χ3n) is 3.26. The second kappa shape index (κ2) is 4.85. The first kappa shape index (κ1) is 12.5. The normalized spacial score (nSPS) is 10.7. The molecule has 1 aromatic heterocycles. The van der Waals surface area contributed by atoms with Crippen molar-refractivity contribution >= 4 is 16.9 Å². The monoisotopic (exact) mass is 265 g/mol. The summed E-state index contributed by atoms with van der Waals surface area (Å²) < 4.78 is 5.79. The van der Waals surface area contributed by atoms with Gasteiger partial charge >= 0.3 is 0 Å². The van der Waals surface area contributed by atoms with Crippen LogP contribution in [0.25, 0.3) is 22.1 Å². The summed E-state index contributed by atoms with van der Waals surface area (Å²) in [5, 5.41) is 0.607. The van der Waals surface area contributed by atoms with E-state index in [1.165, 1.54) is 6.07 Å². The molecule has 0 aliphatic carbocycles. The lowest BCUT2D eigenvalue weighted by molar-refractivity contribution is 0.597. The van der Waals surface area contributed by atoms with E-state index in [2.05, 4.69) is 0 Å². The third-order valence-corrected chi connectivity index (χ3v) is 3.26. The van der Waals surface area contributed by atoms with Gasteiger partial charge in [0.15, 0.2) is 11.3 Å². The van der Waals surface area contributed by atoms with Crippen LogP contribution in [0.4, 0.5) is 5.88 Å². The lowest BCUT2D eigenvalue weighted by Crippen LogP contribution is -2.12. The zero-order valence-corrected chi connectivity index (χ0v) is 11.5. The summed E-state index contributed by atoms with van der Waals surface area (Å²) in [6.45, 7) is 0. The highest BCUT2D eigenvalue weighted by Gasteiger charge is 2.07. The van der Waals surface area contributed by atoms with E-state index >= 15 is 0 Å². The van der Waals surface area contributed by atoms with Crippen molar-refractivity contribution in [3.05, 3.63) is 64.8 Å². The van der Waals surface area contributed by atoms with E-state index in [1.807, 2.05) is 62.6 Å². The van der Waals surface area contributed by atoms with Gasteiger partial charge in [0, 0.05) is 20.2 Å². The minimum atomic E-state index is -0.0189. The van der Waals surface area contributed by atoms with Crippen LogP contribution in [-0.4, -0.2) is 14.1 Å². The second-order valence-corrected chi connectivity index (χ2v) is 4.92. The molecule has 0 aliphatic rings. The van der Waals surface area contributed by atoms with Crippen molar-refractivity contribution in [2.24, 2.45) is 0 Å². The fourth-order valence-corrected chi connectivity index (χ4v) is 2.17. The number of rotatable bonds is 2. The third kappa shape index (κ3) is 2.18. The van der Waals surface area contributed by atoms with Gasteiger partial charge in [0.1, 0.15) is 5.58 Å². The van der Waals surface area contributed by atoms with Crippen LogP contribution in [0, 0.1) is 0 Å². The first-order valence-electron chi connectivity index (χ1n) is 6.46. The highest BCUT2D eigenvalue weighted by Crippen LogP contribution is 2.25. The van der Waals surface area contributed by atoms with Crippen molar-refractivity contribution < 1.29 is 4.42 Å². The summed E-state index contributed by atoms with van der Waals surface area (Å²) in [5.41, 5.74) is 2.74. The minimum Gasteiger partial charge on any atom is -0.440 e. The standard InChI is InChI=1S/C17H15NO2/c1-18(2)17-11-15(19)14-9-8-13(10-16(14)20-17)12-6-4-3-5-7-12/h3-11H,1-2H3. The Hall–Kier alpha value is -2.55. The molecule has 3 heteroatoms. The van der Waals surface area contributed by atoms with Crippen LogP contribution in [0.3, 0.4) is 0 Å². The van der Waals surface area contributed by atoms with Crippen LogP contribution in [0.2, 0.25) is 0 Å². The predicted molar refractivity (Wildman–Crippen MR) is 82.2 cm³/mol. The maximum Gasteiger partial charge on any atom is 0.199 e. The quantitative estimate of drug-likeness (QED) is 0.710. The van der Waals surface area contributed by atoms with Gasteiger partial charge in [0.25, 0.3) is 0 Å². The highest BCUT2D eigenvalue weighted by atomic mass is 16.4. The Balaban J connectivity index is 2.22. The van der Waals surface area contributed by atoms with Crippen molar-refractivity contribution in [1.29, 1.82) is 0 Å². The predicted octanol–water partition coefficient (Wildman–Crippen LogP) is 3.53. The van der Waals surface area contributed by atoms with Gasteiger partial charge in [-0.2, -0.15) is 0 Å². The van der Waals surface area contributed by atoms with Crippen molar-refractivity contribution in [2.45, 2.75) is 0 Å². The maximum atomic E-state index is 12.1. The molecule has 0 bridgehead atoms. The lowest BCUT2D eigenvalue weighted by Gasteiger charge is -2.11. The van der Waals surface area contributed by atoms with Crippen molar-refractivity contribution in [2.75, 3.05) is 19.0 Å². The first-order chi connectivity index (χ1) is 9.65. The van der Waals surface area contributed by atoms with Crippen LogP contribution >= 0.6 is 0 Å². The van der Waals surface area contributed by atoms with E-state index in [1.54, 1.807) is 4.90 Å². The lowest BCUT2D eigenvalue weighted by atomic mass is 10.0. The molecule has 0 spiro atoms. The zero-order valence-electron chi connectivity index (χ0n) is 11.5. The van der Waals surface area contributed by atoms with E-state index in [-0.39, 0.29) is 5.43 Å². The number of hydrogen-bond acceptors (Lipinski definition) is 3. The first-order valence-corrected chi connectivity index (χ1v) is 6.46. The molecule has 100 valence electrons. The minimum absolute atomic E-state index is 0.0189. The molecular formula is C17H15NO2. The van der Waals surface area contributed by atoms with E-state index in [4.69, 9.17) is 4.42 Å². The summed E-state index contributed by atoms with van der Waals surface area (Å²) in [7, 11) is 3.70. The highest BCUT2D eigenvalue weighted by molar-refractivity contribution is 5.83. The van der Waals surface area contributed by atoms with E-state index in [0.717, 1.165) is 11.1 Å². The topological polar surface area (TPSA) is 33.5 Å². The number of hydrogen-bond donors (Lipinski definition) is 0. The molecule has 0 saturated carbocycles. The smallest absolute Gasteiger partial charge is 0.199 e. The molecule has 0 fully saturated rings. The molecule has 0 saturated heterocycles. The Morgan fingerprint density at radius 1 is 0.900 bits per heavy atom. The summed E-state index contributed by atoms with van der Waals surface area (Å²) >= 11 is 0. The fourth-order valence-electron chi connectivity index (χ4n) is 2.17. The van der Waals surface area contributed by atoms with Gasteiger partial charge in [0.2, 0.25) is 0 Å². The maximum absolute atomic E-state index is 12.1. The Bertz CT molecular complexity index is 804. The molecule has 0 aliphatic heterocycles. The van der Waals surface area contributed by atoms with Crippen LogP contribution < -0.4 is 10.3 Å². The molecule has 0 N–H and O–H groups in total. The van der Waals surface area contributed by atoms with Crippen molar-refractivity contribution in [3.8, 4) is 11.1 Å². The molecule has 1 heterocycles. The molecule has 0 atom stereocenters. The van der Waals surface area contributed by atoms with Gasteiger partial charge in [-0.15, -0.1) is 0 Å². The number of fused-ring (bicyclic) bond motifs is 1. The Labute approximate surface area is 117 Å². The molecule has 3 aromatic rings. The van der Waals surface area contributed by atoms with Gasteiger partial charge < -0.3 is 9.32 Å². The SMILES string of the molecule is CN(C)c1cc(=O)c2ccc(-c3ccccc3)cc2o1. The zero-order chi connectivity index (χ0) is 14.1. The van der Waals surface area contributed by atoms with Crippen LogP contribution in [0.15, 0.2) is 63.8 Å². The van der Waals surface area contributed by atoms with Gasteiger partial charge in [-0.05, 0) is 23.3 Å². The Morgan fingerprint density at radius 2 is 1.65 bits per heavy atom. The molecule has 0 unspecified atom stereocenters. The van der Waals surface area contributed by atoms with E-state index in [0.29, 0.717) is 16.9 Å². The number of anilines is 1. The number of nitrogens with zero attached hydrogens (tertiary/aromatic N) is 1. The summed E-state index contributed by atoms with van der Waals surface area (Å²) in [6, 6.07) is 17.2. The van der Waals surface area contributed by atoms with Gasteiger partial charge in [-0.25, -0.2) is 0 Å². The Kier molecular flexibility index (Phi) is 3.03. The molecule has 0 radical (unpaired) electrons. The molecule has 0 amide bonds. The van der Waals surface area contributed by atoms with Crippen LogP contribution in [-0.2, 0) is 0 Å². The molecule has 20 heavy (non-hydrogen) atoms. The van der Waals surface area contributed by atoms with E-state index < -0.39 is 0 Å². The van der Waals surface area contributed by atoms with Crippen LogP contribution in [0.1, 0.15) is 0 Å². The Morgan fingerprint density at radius 3 is 2.35 bits per heavy atom. The molecule has 2 aromatic carbocycles. The fraction of sp³-hybridized carbons (Fsp3) is 0.118. The van der Waals surface area contributed by atoms with Gasteiger partial charge in [-0.3, -0.25) is 4.79 Å². The van der Waals surface area contributed by atoms with E-state index in [9.17, 15) is 4.79 Å². The average molecular weight is 265 g/mol. The number of benzene rings is 2. The summed E-state index contributed by atoms with van der Waals surface area (Å²) in [4.78, 5) is 13.9. The van der Waals surface area contributed by atoms with Crippen molar-refractivity contribution in [1.82, 2.24) is 0 Å². The second-order valence-electron chi connectivity index (χ2n) is 4.92. The molecular weight excluding hydrogens is 250 g/mol. The summed E-state index contributed by atoms with van der Waals surface area (Å²) in [5.74, 6) is 0.563. The van der Waals surface area contributed by atoms with Gasteiger partial charge in [-0.1, -0.05) is 36.4 Å².